The van der Waals surface area contributed by atoms with Crippen LogP contribution in [-0.4, -0.2) is 55.4 Å². The Hall–Kier alpha value is -0.920. The van der Waals surface area contributed by atoms with Crippen molar-refractivity contribution in [2.45, 2.75) is 56.7 Å². The van der Waals surface area contributed by atoms with Crippen LogP contribution in [0.25, 0.3) is 0 Å². The second kappa shape index (κ2) is 7.24. The summed E-state index contributed by atoms with van der Waals surface area (Å²) in [6.45, 7) is 0.331. The van der Waals surface area contributed by atoms with Crippen molar-refractivity contribution in [1.29, 1.82) is 0 Å². The maximum Gasteiger partial charge on any atom is 0.241 e. The largest absolute Gasteiger partial charge is 0.306 e. The molecule has 0 spiro atoms. The SMILES string of the molecule is O=C1CN(C2CCCCCC2)C2CS(=O)(=O)CC2N1c1ccc(Br)cc1. The number of anilines is 1. The van der Waals surface area contributed by atoms with E-state index in [0.29, 0.717) is 12.6 Å². The molecular formula is C19H25BrN2O3S. The molecule has 3 aliphatic rings. The van der Waals surface area contributed by atoms with Gasteiger partial charge in [0.15, 0.2) is 9.84 Å². The number of fused-ring (bicyclic) bond motifs is 1. The first kappa shape index (κ1) is 18.4. The summed E-state index contributed by atoms with van der Waals surface area (Å²) in [5.74, 6) is 0.270. The number of nitrogens with zero attached hydrogens (tertiary/aromatic N) is 2. The Morgan fingerprint density at radius 1 is 0.923 bits per heavy atom. The molecule has 1 aromatic carbocycles. The summed E-state index contributed by atoms with van der Waals surface area (Å²) in [5.41, 5.74) is 0.797. The van der Waals surface area contributed by atoms with E-state index in [0.717, 1.165) is 23.0 Å². The zero-order valence-corrected chi connectivity index (χ0v) is 17.2. The van der Waals surface area contributed by atoms with Gasteiger partial charge in [-0.1, -0.05) is 41.6 Å². The topological polar surface area (TPSA) is 57.7 Å². The predicted molar refractivity (Wildman–Crippen MR) is 106 cm³/mol. The highest BCUT2D eigenvalue weighted by atomic mass is 79.9. The fourth-order valence-electron chi connectivity index (χ4n) is 4.83. The van der Waals surface area contributed by atoms with Crippen LogP contribution in [-0.2, 0) is 14.6 Å². The number of benzene rings is 1. The molecule has 1 aliphatic carbocycles. The van der Waals surface area contributed by atoms with E-state index in [1.807, 2.05) is 24.3 Å². The van der Waals surface area contributed by atoms with E-state index in [2.05, 4.69) is 20.8 Å². The quantitative estimate of drug-likeness (QED) is 0.663. The molecule has 5 nitrogen and oxygen atoms in total. The number of hydrogen-bond acceptors (Lipinski definition) is 4. The lowest BCUT2D eigenvalue weighted by atomic mass is 9.97. The fourth-order valence-corrected chi connectivity index (χ4v) is 7.06. The Labute approximate surface area is 163 Å². The lowest BCUT2D eigenvalue weighted by Gasteiger charge is -2.46. The van der Waals surface area contributed by atoms with Crippen molar-refractivity contribution in [2.24, 2.45) is 0 Å². The van der Waals surface area contributed by atoms with E-state index >= 15 is 0 Å². The van der Waals surface area contributed by atoms with Crippen LogP contribution in [0.4, 0.5) is 5.69 Å². The molecule has 1 aromatic rings. The van der Waals surface area contributed by atoms with E-state index in [-0.39, 0.29) is 29.5 Å². The molecule has 0 bridgehead atoms. The first-order chi connectivity index (χ1) is 12.4. The molecule has 2 saturated heterocycles. The summed E-state index contributed by atoms with van der Waals surface area (Å²) in [4.78, 5) is 17.0. The minimum absolute atomic E-state index is 0.0231. The Kier molecular flexibility index (Phi) is 5.14. The molecule has 2 aliphatic heterocycles. The second-order valence-corrected chi connectivity index (χ2v) is 10.8. The number of rotatable bonds is 2. The summed E-state index contributed by atoms with van der Waals surface area (Å²) in [6, 6.07) is 7.58. The van der Waals surface area contributed by atoms with Gasteiger partial charge in [-0.3, -0.25) is 9.69 Å². The molecule has 7 heteroatoms. The van der Waals surface area contributed by atoms with Crippen LogP contribution in [0, 0.1) is 0 Å². The highest BCUT2D eigenvalue weighted by molar-refractivity contribution is 9.10. The number of sulfone groups is 1. The van der Waals surface area contributed by atoms with Crippen LogP contribution in [0.15, 0.2) is 28.7 Å². The third-order valence-electron chi connectivity index (χ3n) is 6.04. The van der Waals surface area contributed by atoms with Crippen molar-refractivity contribution in [3.63, 3.8) is 0 Å². The van der Waals surface area contributed by atoms with E-state index in [4.69, 9.17) is 0 Å². The van der Waals surface area contributed by atoms with Crippen molar-refractivity contribution >= 4 is 37.4 Å². The third kappa shape index (κ3) is 3.58. The van der Waals surface area contributed by atoms with Crippen LogP contribution < -0.4 is 4.90 Å². The van der Waals surface area contributed by atoms with Gasteiger partial charge in [-0.2, -0.15) is 0 Å². The molecule has 0 aromatic heterocycles. The summed E-state index contributed by atoms with van der Waals surface area (Å²) in [6.07, 6.45) is 7.00. The lowest BCUT2D eigenvalue weighted by molar-refractivity contribution is -0.124. The average Bonchev–Trinajstić information content (AvgIpc) is 2.76. The molecule has 26 heavy (non-hydrogen) atoms. The Balaban J connectivity index is 1.66. The maximum absolute atomic E-state index is 13.1. The first-order valence-electron chi connectivity index (χ1n) is 9.48. The standard InChI is InChI=1S/C19H25BrN2O3S/c20-14-7-9-16(10-8-14)22-18-13-26(24,25)12-17(18)21(11-19(22)23)15-5-3-1-2-4-6-15/h7-10,15,17-18H,1-6,11-13H2. The summed E-state index contributed by atoms with van der Waals surface area (Å²) < 4.78 is 25.9. The van der Waals surface area contributed by atoms with Crippen molar-refractivity contribution in [3.8, 4) is 0 Å². The highest BCUT2D eigenvalue weighted by Crippen LogP contribution is 2.35. The molecule has 142 valence electrons. The van der Waals surface area contributed by atoms with Gasteiger partial charge >= 0.3 is 0 Å². The lowest BCUT2D eigenvalue weighted by Crippen LogP contribution is -2.64. The van der Waals surface area contributed by atoms with E-state index in [1.54, 1.807) is 4.90 Å². The van der Waals surface area contributed by atoms with Gasteiger partial charge in [0.05, 0.1) is 24.1 Å². The number of amides is 1. The van der Waals surface area contributed by atoms with E-state index in [9.17, 15) is 13.2 Å². The van der Waals surface area contributed by atoms with Crippen LogP contribution in [0.2, 0.25) is 0 Å². The fraction of sp³-hybridized carbons (Fsp3) is 0.632. The van der Waals surface area contributed by atoms with Gasteiger partial charge < -0.3 is 4.90 Å². The van der Waals surface area contributed by atoms with Crippen LogP contribution in [0.5, 0.6) is 0 Å². The second-order valence-electron chi connectivity index (χ2n) is 7.77. The zero-order chi connectivity index (χ0) is 18.3. The Morgan fingerprint density at radius 3 is 2.19 bits per heavy atom. The molecule has 2 unspecified atom stereocenters. The summed E-state index contributed by atoms with van der Waals surface area (Å²) in [5, 5.41) is 0. The Bertz CT molecular complexity index is 772. The van der Waals surface area contributed by atoms with Gasteiger partial charge in [-0.25, -0.2) is 8.42 Å². The van der Waals surface area contributed by atoms with Gasteiger partial charge in [0, 0.05) is 22.2 Å². The van der Waals surface area contributed by atoms with Crippen molar-refractivity contribution in [3.05, 3.63) is 28.7 Å². The molecule has 1 amide bonds. The number of piperazine rings is 1. The van der Waals surface area contributed by atoms with Gasteiger partial charge in [0.1, 0.15) is 0 Å². The summed E-state index contributed by atoms with van der Waals surface area (Å²) in [7, 11) is -3.13. The zero-order valence-electron chi connectivity index (χ0n) is 14.8. The molecule has 3 fully saturated rings. The molecule has 4 rings (SSSR count). The number of hydrogen-bond donors (Lipinski definition) is 0. The highest BCUT2D eigenvalue weighted by Gasteiger charge is 2.51. The van der Waals surface area contributed by atoms with Crippen LogP contribution in [0.1, 0.15) is 38.5 Å². The summed E-state index contributed by atoms with van der Waals surface area (Å²) >= 11 is 3.42. The monoisotopic (exact) mass is 440 g/mol. The normalized spacial score (nSPS) is 30.2. The van der Waals surface area contributed by atoms with Crippen LogP contribution >= 0.6 is 15.9 Å². The minimum atomic E-state index is -3.13. The molecule has 0 N–H and O–H groups in total. The molecule has 2 atom stereocenters. The van der Waals surface area contributed by atoms with Gasteiger partial charge in [0.2, 0.25) is 5.91 Å². The number of carbonyl (C=O) groups is 1. The first-order valence-corrected chi connectivity index (χ1v) is 12.1. The van der Waals surface area contributed by atoms with E-state index in [1.165, 1.54) is 25.7 Å². The number of halogens is 1. The number of carbonyl (C=O) groups excluding carboxylic acids is 1. The molecular weight excluding hydrogens is 416 g/mol. The molecule has 2 heterocycles. The van der Waals surface area contributed by atoms with Gasteiger partial charge in [0.25, 0.3) is 0 Å². The van der Waals surface area contributed by atoms with Gasteiger partial charge in [-0.15, -0.1) is 0 Å². The maximum atomic E-state index is 13.1. The minimum Gasteiger partial charge on any atom is -0.306 e. The van der Waals surface area contributed by atoms with Crippen LogP contribution in [0.3, 0.4) is 0 Å². The van der Waals surface area contributed by atoms with Crippen molar-refractivity contribution in [2.75, 3.05) is 23.0 Å². The van der Waals surface area contributed by atoms with E-state index < -0.39 is 9.84 Å². The van der Waals surface area contributed by atoms with Crippen molar-refractivity contribution in [1.82, 2.24) is 4.90 Å². The Morgan fingerprint density at radius 2 is 1.54 bits per heavy atom. The van der Waals surface area contributed by atoms with Gasteiger partial charge in [-0.05, 0) is 37.1 Å². The molecule has 1 saturated carbocycles. The smallest absolute Gasteiger partial charge is 0.241 e. The molecule has 0 radical (unpaired) electrons. The average molecular weight is 441 g/mol. The third-order valence-corrected chi connectivity index (χ3v) is 8.26. The predicted octanol–water partition coefficient (Wildman–Crippen LogP) is 2.99. The van der Waals surface area contributed by atoms with Crippen molar-refractivity contribution < 1.29 is 13.2 Å².